The van der Waals surface area contributed by atoms with Crippen molar-refractivity contribution < 1.29 is 10.4 Å². The van der Waals surface area contributed by atoms with Crippen molar-refractivity contribution in [3.05, 3.63) is 0 Å². The topological polar surface area (TPSA) is 65.2 Å². The number of oxime groups is 2. The van der Waals surface area contributed by atoms with Gasteiger partial charge in [-0.3, -0.25) is 0 Å². The molecule has 0 aliphatic rings. The molecule has 4 nitrogen and oxygen atoms in total. The summed E-state index contributed by atoms with van der Waals surface area (Å²) in [5.74, 6) is 0. The van der Waals surface area contributed by atoms with Gasteiger partial charge in [0.1, 0.15) is 11.4 Å². The number of hydrogen-bond acceptors (Lipinski definition) is 4. The van der Waals surface area contributed by atoms with Crippen molar-refractivity contribution in [1.82, 2.24) is 0 Å². The van der Waals surface area contributed by atoms with Gasteiger partial charge in [-0.15, -0.1) is 0 Å². The lowest BCUT2D eigenvalue weighted by molar-refractivity contribution is 0.313. The average Bonchev–Trinajstić information content (AvgIpc) is 1.99. The smallest absolute Gasteiger partial charge is 0.104 e. The van der Waals surface area contributed by atoms with Gasteiger partial charge in [-0.25, -0.2) is 0 Å². The van der Waals surface area contributed by atoms with Gasteiger partial charge in [0.05, 0.1) is 0 Å². The van der Waals surface area contributed by atoms with Crippen LogP contribution in [-0.4, -0.2) is 21.8 Å². The van der Waals surface area contributed by atoms with Crippen molar-refractivity contribution in [2.75, 3.05) is 0 Å². The van der Waals surface area contributed by atoms with E-state index in [0.717, 1.165) is 6.42 Å². The van der Waals surface area contributed by atoms with Crippen molar-refractivity contribution in [2.45, 2.75) is 26.7 Å². The fourth-order valence-electron chi connectivity index (χ4n) is 0.598. The first-order chi connectivity index (χ1) is 4.76. The third-order valence-corrected chi connectivity index (χ3v) is 1.18. The van der Waals surface area contributed by atoms with Crippen molar-refractivity contribution in [2.24, 2.45) is 10.3 Å². The first-order valence-electron chi connectivity index (χ1n) is 3.16. The first-order valence-corrected chi connectivity index (χ1v) is 3.16. The molecule has 0 aromatic rings. The van der Waals surface area contributed by atoms with E-state index in [-0.39, 0.29) is 0 Å². The fourth-order valence-corrected chi connectivity index (χ4v) is 0.598. The molecule has 0 rings (SSSR count). The van der Waals surface area contributed by atoms with E-state index in [2.05, 4.69) is 10.3 Å². The van der Waals surface area contributed by atoms with E-state index >= 15 is 0 Å². The summed E-state index contributed by atoms with van der Waals surface area (Å²) in [6, 6.07) is 0. The highest BCUT2D eigenvalue weighted by atomic mass is 16.4. The Morgan fingerprint density at radius 2 is 1.90 bits per heavy atom. The van der Waals surface area contributed by atoms with Crippen LogP contribution in [0.5, 0.6) is 0 Å². The van der Waals surface area contributed by atoms with Crippen LogP contribution >= 0.6 is 0 Å². The lowest BCUT2D eigenvalue weighted by Gasteiger charge is -1.97. The Labute approximate surface area is 59.9 Å². The second kappa shape index (κ2) is 4.78. The number of hydrogen-bond donors (Lipinski definition) is 2. The zero-order valence-electron chi connectivity index (χ0n) is 6.20. The molecule has 0 unspecified atom stereocenters. The summed E-state index contributed by atoms with van der Waals surface area (Å²) >= 11 is 0. The molecule has 0 aromatic carbocycles. The molecule has 0 aliphatic heterocycles. The van der Waals surface area contributed by atoms with Gasteiger partial charge in [-0.1, -0.05) is 23.7 Å². The van der Waals surface area contributed by atoms with E-state index in [1.807, 2.05) is 6.92 Å². The highest BCUT2D eigenvalue weighted by molar-refractivity contribution is 6.41. The predicted octanol–water partition coefficient (Wildman–Crippen LogP) is 1.47. The first kappa shape index (κ1) is 8.94. The molecule has 0 aliphatic carbocycles. The van der Waals surface area contributed by atoms with Gasteiger partial charge >= 0.3 is 0 Å². The Morgan fingerprint density at radius 1 is 1.30 bits per heavy atom. The molecule has 2 N–H and O–H groups in total. The molecule has 0 fully saturated rings. The molecule has 0 atom stereocenters. The van der Waals surface area contributed by atoms with Crippen molar-refractivity contribution in [1.29, 1.82) is 0 Å². The lowest BCUT2D eigenvalue weighted by Crippen LogP contribution is -2.09. The maximum atomic E-state index is 8.35. The van der Waals surface area contributed by atoms with E-state index in [9.17, 15) is 0 Å². The summed E-state index contributed by atoms with van der Waals surface area (Å²) in [7, 11) is 0. The quantitative estimate of drug-likeness (QED) is 0.358. The van der Waals surface area contributed by atoms with E-state index < -0.39 is 0 Å². The summed E-state index contributed by atoms with van der Waals surface area (Å²) < 4.78 is 0. The average molecular weight is 144 g/mol. The molecule has 0 saturated carbocycles. The molecule has 0 spiro atoms. The minimum absolute atomic E-state index is 0.365. The maximum Gasteiger partial charge on any atom is 0.104 e. The SMILES string of the molecule is CCCC(=N\O)/C(C)=N/O. The molecule has 0 amide bonds. The molecular weight excluding hydrogens is 132 g/mol. The van der Waals surface area contributed by atoms with Gasteiger partial charge in [0.15, 0.2) is 0 Å². The minimum atomic E-state index is 0.365. The fraction of sp³-hybridized carbons (Fsp3) is 0.667. The second-order valence-corrected chi connectivity index (χ2v) is 1.98. The zero-order chi connectivity index (χ0) is 7.98. The van der Waals surface area contributed by atoms with Crippen molar-refractivity contribution >= 4 is 11.4 Å². The number of nitrogens with zero attached hydrogens (tertiary/aromatic N) is 2. The summed E-state index contributed by atoms with van der Waals surface area (Å²) in [5.41, 5.74) is 0.800. The molecule has 0 radical (unpaired) electrons. The van der Waals surface area contributed by atoms with Crippen LogP contribution < -0.4 is 0 Å². The highest BCUT2D eigenvalue weighted by Gasteiger charge is 2.02. The van der Waals surface area contributed by atoms with E-state index in [1.54, 1.807) is 6.92 Å². The molecule has 10 heavy (non-hydrogen) atoms. The maximum absolute atomic E-state index is 8.35. The monoisotopic (exact) mass is 144 g/mol. The Balaban J connectivity index is 4.09. The van der Waals surface area contributed by atoms with Crippen LogP contribution in [0.15, 0.2) is 10.3 Å². The Kier molecular flexibility index (Phi) is 4.28. The predicted molar refractivity (Wildman–Crippen MR) is 39.0 cm³/mol. The summed E-state index contributed by atoms with van der Waals surface area (Å²) in [5, 5.41) is 22.5. The van der Waals surface area contributed by atoms with Crippen molar-refractivity contribution in [3.8, 4) is 0 Å². The third kappa shape index (κ3) is 2.48. The van der Waals surface area contributed by atoms with Crippen molar-refractivity contribution in [3.63, 3.8) is 0 Å². The normalized spacial score (nSPS) is 13.8. The highest BCUT2D eigenvalue weighted by Crippen LogP contribution is 1.94. The van der Waals surface area contributed by atoms with Crippen LogP contribution in [-0.2, 0) is 0 Å². The van der Waals surface area contributed by atoms with Gasteiger partial charge in [-0.05, 0) is 13.3 Å². The summed E-state index contributed by atoms with van der Waals surface area (Å²) in [6.45, 7) is 3.54. The van der Waals surface area contributed by atoms with Crippen LogP contribution in [0.1, 0.15) is 26.7 Å². The summed E-state index contributed by atoms with van der Waals surface area (Å²) in [6.07, 6.45) is 1.50. The van der Waals surface area contributed by atoms with E-state index in [0.29, 0.717) is 17.8 Å². The molecule has 58 valence electrons. The zero-order valence-corrected chi connectivity index (χ0v) is 6.20. The van der Waals surface area contributed by atoms with Gasteiger partial charge in [-0.2, -0.15) is 0 Å². The second-order valence-electron chi connectivity index (χ2n) is 1.98. The lowest BCUT2D eigenvalue weighted by atomic mass is 10.1. The van der Waals surface area contributed by atoms with Crippen LogP contribution in [0.4, 0.5) is 0 Å². The third-order valence-electron chi connectivity index (χ3n) is 1.18. The van der Waals surface area contributed by atoms with Gasteiger partial charge in [0.25, 0.3) is 0 Å². The Morgan fingerprint density at radius 3 is 2.20 bits per heavy atom. The van der Waals surface area contributed by atoms with Crippen LogP contribution in [0, 0.1) is 0 Å². The molecule has 0 heterocycles. The van der Waals surface area contributed by atoms with E-state index in [4.69, 9.17) is 10.4 Å². The Hall–Kier alpha value is -1.06. The summed E-state index contributed by atoms with van der Waals surface area (Å²) in [4.78, 5) is 0. The molecule has 0 aromatic heterocycles. The molecular formula is C6H12N2O2. The van der Waals surface area contributed by atoms with Crippen LogP contribution in [0.3, 0.4) is 0 Å². The molecule has 0 bridgehead atoms. The van der Waals surface area contributed by atoms with Crippen LogP contribution in [0.25, 0.3) is 0 Å². The number of rotatable bonds is 3. The molecule has 0 saturated heterocycles. The largest absolute Gasteiger partial charge is 0.411 e. The standard InChI is InChI=1S/C6H12N2O2/c1-3-4-6(8-10)5(2)7-9/h9-10H,3-4H2,1-2H3/b7-5+,8-6+. The van der Waals surface area contributed by atoms with Gasteiger partial charge in [0, 0.05) is 0 Å². The van der Waals surface area contributed by atoms with E-state index in [1.165, 1.54) is 0 Å². The van der Waals surface area contributed by atoms with Gasteiger partial charge in [0.2, 0.25) is 0 Å². The molecule has 4 heteroatoms. The van der Waals surface area contributed by atoms with Crippen LogP contribution in [0.2, 0.25) is 0 Å². The minimum Gasteiger partial charge on any atom is -0.411 e. The Bertz CT molecular complexity index is 152. The van der Waals surface area contributed by atoms with Gasteiger partial charge < -0.3 is 10.4 Å².